The molecule has 0 unspecified atom stereocenters. The highest BCUT2D eigenvalue weighted by Gasteiger charge is 2.17. The van der Waals surface area contributed by atoms with Gasteiger partial charge in [-0.05, 0) is 18.2 Å². The van der Waals surface area contributed by atoms with Gasteiger partial charge in [0.2, 0.25) is 0 Å². The third-order valence-corrected chi connectivity index (χ3v) is 3.70. The number of hydrogen-bond acceptors (Lipinski definition) is 3. The average molecular weight is 300 g/mol. The maximum absolute atomic E-state index is 13.7. The van der Waals surface area contributed by atoms with Crippen LogP contribution >= 0.6 is 11.6 Å². The number of amides is 1. The molecule has 1 aromatic rings. The Morgan fingerprint density at radius 2 is 2.15 bits per heavy atom. The van der Waals surface area contributed by atoms with Gasteiger partial charge in [-0.2, -0.15) is 0 Å². The monoisotopic (exact) mass is 299 g/mol. The highest BCUT2D eigenvalue weighted by molar-refractivity contribution is 6.30. The third kappa shape index (κ3) is 3.91. The Bertz CT molecular complexity index is 477. The summed E-state index contributed by atoms with van der Waals surface area (Å²) in [4.78, 5) is 16.0. The number of nitrogens with one attached hydrogen (secondary N) is 1. The van der Waals surface area contributed by atoms with Crippen molar-refractivity contribution in [1.29, 1.82) is 0 Å². The van der Waals surface area contributed by atoms with Crippen LogP contribution in [-0.4, -0.2) is 62.0 Å². The molecule has 20 heavy (non-hydrogen) atoms. The van der Waals surface area contributed by atoms with Gasteiger partial charge in [0, 0.05) is 51.3 Å². The standard InChI is InChI=1S/C14H19ClFN3O/c1-18(8-9-19-6-4-17-5-7-19)14(20)12-3-2-11(15)10-13(12)16/h2-3,10,17H,4-9H2,1H3. The van der Waals surface area contributed by atoms with Crippen LogP contribution < -0.4 is 5.32 Å². The van der Waals surface area contributed by atoms with E-state index in [-0.39, 0.29) is 11.5 Å². The molecule has 0 aromatic heterocycles. The molecule has 6 heteroatoms. The SMILES string of the molecule is CN(CCN1CCNCC1)C(=O)c1ccc(Cl)cc1F. The largest absolute Gasteiger partial charge is 0.340 e. The first-order chi connectivity index (χ1) is 9.58. The Kier molecular flexibility index (Phi) is 5.34. The first-order valence-corrected chi connectivity index (χ1v) is 7.09. The minimum Gasteiger partial charge on any atom is -0.340 e. The van der Waals surface area contributed by atoms with Crippen molar-refractivity contribution >= 4 is 17.5 Å². The summed E-state index contributed by atoms with van der Waals surface area (Å²) in [5.41, 5.74) is 0.0669. The zero-order valence-electron chi connectivity index (χ0n) is 11.5. The van der Waals surface area contributed by atoms with E-state index in [2.05, 4.69) is 10.2 Å². The number of likely N-dealkylation sites (N-methyl/N-ethyl adjacent to an activating group) is 1. The number of carbonyl (C=O) groups excluding carboxylic acids is 1. The first-order valence-electron chi connectivity index (χ1n) is 6.71. The second-order valence-electron chi connectivity index (χ2n) is 4.94. The van der Waals surface area contributed by atoms with Crippen molar-refractivity contribution < 1.29 is 9.18 Å². The summed E-state index contributed by atoms with van der Waals surface area (Å²) < 4.78 is 13.7. The lowest BCUT2D eigenvalue weighted by Crippen LogP contribution is -2.46. The van der Waals surface area contributed by atoms with Crippen LogP contribution in [0, 0.1) is 5.82 Å². The Hall–Kier alpha value is -1.17. The van der Waals surface area contributed by atoms with Crippen LogP contribution in [0.25, 0.3) is 0 Å². The fourth-order valence-electron chi connectivity index (χ4n) is 2.20. The Balaban J connectivity index is 1.90. The molecule has 4 nitrogen and oxygen atoms in total. The predicted molar refractivity (Wildman–Crippen MR) is 77.7 cm³/mol. The van der Waals surface area contributed by atoms with Crippen LogP contribution in [0.1, 0.15) is 10.4 Å². The predicted octanol–water partition coefficient (Wildman–Crippen LogP) is 1.46. The Morgan fingerprint density at radius 1 is 1.45 bits per heavy atom. The van der Waals surface area contributed by atoms with Crippen LogP contribution in [-0.2, 0) is 0 Å². The van der Waals surface area contributed by atoms with Gasteiger partial charge in [-0.15, -0.1) is 0 Å². The molecule has 110 valence electrons. The van der Waals surface area contributed by atoms with Gasteiger partial charge >= 0.3 is 0 Å². The third-order valence-electron chi connectivity index (χ3n) is 3.47. The van der Waals surface area contributed by atoms with E-state index in [4.69, 9.17) is 11.6 Å². The summed E-state index contributed by atoms with van der Waals surface area (Å²) >= 11 is 5.69. The molecule has 1 saturated heterocycles. The molecule has 2 rings (SSSR count). The van der Waals surface area contributed by atoms with Crippen molar-refractivity contribution in [2.75, 3.05) is 46.3 Å². The van der Waals surface area contributed by atoms with Crippen LogP contribution in [0.2, 0.25) is 5.02 Å². The van der Waals surface area contributed by atoms with Gasteiger partial charge in [-0.25, -0.2) is 4.39 Å². The van der Waals surface area contributed by atoms with Crippen molar-refractivity contribution in [1.82, 2.24) is 15.1 Å². The molecule has 0 saturated carbocycles. The molecule has 1 N–H and O–H groups in total. The number of rotatable bonds is 4. The highest BCUT2D eigenvalue weighted by Crippen LogP contribution is 2.15. The van der Waals surface area contributed by atoms with Crippen LogP contribution in [0.5, 0.6) is 0 Å². The van der Waals surface area contributed by atoms with Gasteiger partial charge < -0.3 is 10.2 Å². The van der Waals surface area contributed by atoms with E-state index in [1.165, 1.54) is 18.2 Å². The van der Waals surface area contributed by atoms with Gasteiger partial charge in [-0.3, -0.25) is 9.69 Å². The number of carbonyl (C=O) groups is 1. The average Bonchev–Trinajstić information content (AvgIpc) is 2.45. The number of nitrogens with zero attached hydrogens (tertiary/aromatic N) is 2. The smallest absolute Gasteiger partial charge is 0.256 e. The van der Waals surface area contributed by atoms with Crippen LogP contribution in [0.15, 0.2) is 18.2 Å². The van der Waals surface area contributed by atoms with E-state index in [1.807, 2.05) is 0 Å². The highest BCUT2D eigenvalue weighted by atomic mass is 35.5. The molecule has 0 atom stereocenters. The molecule has 0 bridgehead atoms. The van der Waals surface area contributed by atoms with Crippen molar-refractivity contribution in [2.45, 2.75) is 0 Å². The van der Waals surface area contributed by atoms with Gasteiger partial charge in [0.1, 0.15) is 5.82 Å². The Labute approximate surface area is 123 Å². The summed E-state index contributed by atoms with van der Waals surface area (Å²) in [7, 11) is 1.69. The normalized spacial score (nSPS) is 16.1. The van der Waals surface area contributed by atoms with Crippen molar-refractivity contribution in [3.63, 3.8) is 0 Å². The molecule has 0 aliphatic carbocycles. The molecule has 1 heterocycles. The van der Waals surface area contributed by atoms with E-state index in [0.717, 1.165) is 32.7 Å². The molecule has 0 spiro atoms. The molecule has 0 radical (unpaired) electrons. The Morgan fingerprint density at radius 3 is 2.80 bits per heavy atom. The van der Waals surface area contributed by atoms with Gasteiger partial charge in [0.25, 0.3) is 5.91 Å². The summed E-state index contributed by atoms with van der Waals surface area (Å²) in [6, 6.07) is 4.13. The number of benzene rings is 1. The molecular weight excluding hydrogens is 281 g/mol. The van der Waals surface area contributed by atoms with E-state index in [9.17, 15) is 9.18 Å². The molecule has 1 aliphatic rings. The summed E-state index contributed by atoms with van der Waals surface area (Å²) in [6.07, 6.45) is 0. The molecular formula is C14H19ClFN3O. The van der Waals surface area contributed by atoms with Crippen LogP contribution in [0.4, 0.5) is 4.39 Å². The lowest BCUT2D eigenvalue weighted by Gasteiger charge is -2.29. The second kappa shape index (κ2) is 7.02. The zero-order chi connectivity index (χ0) is 14.5. The van der Waals surface area contributed by atoms with Crippen molar-refractivity contribution in [2.24, 2.45) is 0 Å². The fraction of sp³-hybridized carbons (Fsp3) is 0.500. The second-order valence-corrected chi connectivity index (χ2v) is 5.38. The van der Waals surface area contributed by atoms with Gasteiger partial charge in [0.05, 0.1) is 5.56 Å². The maximum Gasteiger partial charge on any atom is 0.256 e. The van der Waals surface area contributed by atoms with E-state index < -0.39 is 5.82 Å². The minimum atomic E-state index is -0.573. The molecule has 1 fully saturated rings. The summed E-state index contributed by atoms with van der Waals surface area (Å²) in [6.45, 7) is 5.31. The maximum atomic E-state index is 13.7. The number of hydrogen-bond donors (Lipinski definition) is 1. The zero-order valence-corrected chi connectivity index (χ0v) is 12.3. The fourth-order valence-corrected chi connectivity index (χ4v) is 2.36. The number of piperazine rings is 1. The van der Waals surface area contributed by atoms with Crippen molar-refractivity contribution in [3.05, 3.63) is 34.6 Å². The van der Waals surface area contributed by atoms with Crippen molar-refractivity contribution in [3.8, 4) is 0 Å². The lowest BCUT2D eigenvalue weighted by molar-refractivity contribution is 0.0770. The summed E-state index contributed by atoms with van der Waals surface area (Å²) in [5.74, 6) is -0.883. The van der Waals surface area contributed by atoms with E-state index in [1.54, 1.807) is 11.9 Å². The number of halogens is 2. The topological polar surface area (TPSA) is 35.6 Å². The van der Waals surface area contributed by atoms with Gasteiger partial charge in [-0.1, -0.05) is 11.6 Å². The first kappa shape index (κ1) is 15.2. The van der Waals surface area contributed by atoms with E-state index >= 15 is 0 Å². The molecule has 1 aromatic carbocycles. The lowest BCUT2D eigenvalue weighted by atomic mass is 10.2. The summed E-state index contributed by atoms with van der Waals surface area (Å²) in [5, 5.41) is 3.57. The minimum absolute atomic E-state index is 0.0669. The van der Waals surface area contributed by atoms with Gasteiger partial charge in [0.15, 0.2) is 0 Å². The van der Waals surface area contributed by atoms with Crippen LogP contribution in [0.3, 0.4) is 0 Å². The quantitative estimate of drug-likeness (QED) is 0.914. The molecule has 1 aliphatic heterocycles. The van der Waals surface area contributed by atoms with E-state index in [0.29, 0.717) is 11.6 Å². The molecule has 1 amide bonds.